The number of fused-ring (bicyclic) bond motifs is 1. The Morgan fingerprint density at radius 1 is 1.22 bits per heavy atom. The van der Waals surface area contributed by atoms with Gasteiger partial charge in [-0.3, -0.25) is 4.79 Å². The zero-order valence-corrected chi connectivity index (χ0v) is 16.1. The molecule has 27 heavy (non-hydrogen) atoms. The SMILES string of the molecule is Cn1c(C2CCN(C(=O)COC[C@H]3CCCCO3)CC2)nc2ccccc21. The number of para-hydroxylation sites is 2. The van der Waals surface area contributed by atoms with E-state index in [0.717, 1.165) is 56.7 Å². The largest absolute Gasteiger partial charge is 0.376 e. The minimum atomic E-state index is 0.0919. The molecular weight excluding hydrogens is 342 g/mol. The van der Waals surface area contributed by atoms with E-state index in [9.17, 15) is 4.79 Å². The third kappa shape index (κ3) is 4.17. The number of carbonyl (C=O) groups excluding carboxylic acids is 1. The van der Waals surface area contributed by atoms with Crippen molar-refractivity contribution in [3.05, 3.63) is 30.1 Å². The number of amides is 1. The average molecular weight is 371 g/mol. The van der Waals surface area contributed by atoms with E-state index in [-0.39, 0.29) is 18.6 Å². The van der Waals surface area contributed by atoms with Crippen LogP contribution in [-0.2, 0) is 21.3 Å². The zero-order chi connectivity index (χ0) is 18.6. The van der Waals surface area contributed by atoms with Crippen molar-refractivity contribution in [2.75, 3.05) is 32.9 Å². The molecule has 6 nitrogen and oxygen atoms in total. The van der Waals surface area contributed by atoms with Crippen LogP contribution in [0.2, 0.25) is 0 Å². The van der Waals surface area contributed by atoms with Gasteiger partial charge in [-0.05, 0) is 44.2 Å². The maximum absolute atomic E-state index is 12.4. The smallest absolute Gasteiger partial charge is 0.248 e. The summed E-state index contributed by atoms with van der Waals surface area (Å²) in [7, 11) is 2.09. The Hall–Kier alpha value is -1.92. The third-order valence-electron chi connectivity index (χ3n) is 5.84. The number of carbonyl (C=O) groups is 1. The lowest BCUT2D eigenvalue weighted by Crippen LogP contribution is -2.40. The number of hydrogen-bond donors (Lipinski definition) is 0. The summed E-state index contributed by atoms with van der Waals surface area (Å²) >= 11 is 0. The first kappa shape index (κ1) is 18.4. The maximum Gasteiger partial charge on any atom is 0.248 e. The Morgan fingerprint density at radius 2 is 2.04 bits per heavy atom. The average Bonchev–Trinajstić information content (AvgIpc) is 3.06. The van der Waals surface area contributed by atoms with Gasteiger partial charge in [0.15, 0.2) is 0 Å². The van der Waals surface area contributed by atoms with E-state index in [4.69, 9.17) is 14.5 Å². The lowest BCUT2D eigenvalue weighted by molar-refractivity contribution is -0.139. The second-order valence-electron chi connectivity index (χ2n) is 7.68. The number of rotatable bonds is 5. The first-order valence-electron chi connectivity index (χ1n) is 10.1. The molecule has 2 aliphatic heterocycles. The van der Waals surface area contributed by atoms with Crippen LogP contribution in [0.5, 0.6) is 0 Å². The number of aryl methyl sites for hydroxylation is 1. The lowest BCUT2D eigenvalue weighted by Gasteiger charge is -2.32. The van der Waals surface area contributed by atoms with Gasteiger partial charge in [-0.1, -0.05) is 12.1 Å². The molecule has 1 aromatic heterocycles. The summed E-state index contributed by atoms with van der Waals surface area (Å²) in [5, 5.41) is 0. The second-order valence-corrected chi connectivity index (χ2v) is 7.68. The van der Waals surface area contributed by atoms with Crippen molar-refractivity contribution >= 4 is 16.9 Å². The van der Waals surface area contributed by atoms with Crippen molar-refractivity contribution in [2.45, 2.75) is 44.1 Å². The second kappa shape index (κ2) is 8.40. The van der Waals surface area contributed by atoms with Crippen LogP contribution in [0.15, 0.2) is 24.3 Å². The molecule has 0 N–H and O–H groups in total. The van der Waals surface area contributed by atoms with Crippen molar-refractivity contribution < 1.29 is 14.3 Å². The van der Waals surface area contributed by atoms with Crippen LogP contribution in [0.25, 0.3) is 11.0 Å². The first-order chi connectivity index (χ1) is 13.2. The normalized spacial score (nSPS) is 21.7. The van der Waals surface area contributed by atoms with E-state index < -0.39 is 0 Å². The summed E-state index contributed by atoms with van der Waals surface area (Å²) in [5.74, 6) is 1.63. The number of nitrogens with zero attached hydrogens (tertiary/aromatic N) is 3. The Bertz CT molecular complexity index is 774. The van der Waals surface area contributed by atoms with Gasteiger partial charge in [-0.15, -0.1) is 0 Å². The topological polar surface area (TPSA) is 56.6 Å². The third-order valence-corrected chi connectivity index (χ3v) is 5.84. The van der Waals surface area contributed by atoms with Crippen molar-refractivity contribution in [2.24, 2.45) is 7.05 Å². The van der Waals surface area contributed by atoms with Crippen LogP contribution < -0.4 is 0 Å². The zero-order valence-electron chi connectivity index (χ0n) is 16.1. The summed E-state index contributed by atoms with van der Waals surface area (Å²) in [6, 6.07) is 8.24. The fourth-order valence-electron chi connectivity index (χ4n) is 4.22. The number of piperidine rings is 1. The molecule has 2 saturated heterocycles. The van der Waals surface area contributed by atoms with Gasteiger partial charge in [0.1, 0.15) is 12.4 Å². The molecule has 0 unspecified atom stereocenters. The molecule has 146 valence electrons. The van der Waals surface area contributed by atoms with Gasteiger partial charge in [0, 0.05) is 32.7 Å². The van der Waals surface area contributed by atoms with E-state index >= 15 is 0 Å². The lowest BCUT2D eigenvalue weighted by atomic mass is 9.96. The van der Waals surface area contributed by atoms with Crippen LogP contribution in [0.3, 0.4) is 0 Å². The first-order valence-corrected chi connectivity index (χ1v) is 10.1. The van der Waals surface area contributed by atoms with E-state index in [1.807, 2.05) is 17.0 Å². The summed E-state index contributed by atoms with van der Waals surface area (Å²) < 4.78 is 13.5. The van der Waals surface area contributed by atoms with Crippen LogP contribution in [-0.4, -0.2) is 59.4 Å². The highest BCUT2D eigenvalue weighted by atomic mass is 16.5. The van der Waals surface area contributed by atoms with Crippen LogP contribution in [0.4, 0.5) is 0 Å². The highest BCUT2D eigenvalue weighted by Crippen LogP contribution is 2.29. The van der Waals surface area contributed by atoms with Gasteiger partial charge < -0.3 is 18.9 Å². The predicted octanol–water partition coefficient (Wildman–Crippen LogP) is 2.87. The number of hydrogen-bond acceptors (Lipinski definition) is 4. The van der Waals surface area contributed by atoms with Gasteiger partial charge in [0.25, 0.3) is 0 Å². The van der Waals surface area contributed by atoms with Gasteiger partial charge in [0.05, 0.1) is 23.7 Å². The summed E-state index contributed by atoms with van der Waals surface area (Å²) in [5.41, 5.74) is 2.22. The van der Waals surface area contributed by atoms with E-state index in [1.54, 1.807) is 0 Å². The molecule has 1 amide bonds. The van der Waals surface area contributed by atoms with Crippen LogP contribution in [0, 0.1) is 0 Å². The minimum Gasteiger partial charge on any atom is -0.376 e. The number of aromatic nitrogens is 2. The summed E-state index contributed by atoms with van der Waals surface area (Å²) in [6.45, 7) is 3.06. The monoisotopic (exact) mass is 371 g/mol. The van der Waals surface area contributed by atoms with Crippen molar-refractivity contribution in [3.8, 4) is 0 Å². The molecule has 0 aliphatic carbocycles. The number of ether oxygens (including phenoxy) is 2. The van der Waals surface area contributed by atoms with Crippen LogP contribution in [0.1, 0.15) is 43.8 Å². The predicted molar refractivity (Wildman–Crippen MR) is 104 cm³/mol. The van der Waals surface area contributed by atoms with Crippen molar-refractivity contribution in [1.29, 1.82) is 0 Å². The van der Waals surface area contributed by atoms with Crippen molar-refractivity contribution in [3.63, 3.8) is 0 Å². The molecule has 3 heterocycles. The molecule has 1 atom stereocenters. The molecule has 6 heteroatoms. The molecule has 2 aliphatic rings. The number of likely N-dealkylation sites (tertiary alicyclic amines) is 1. The van der Waals surface area contributed by atoms with E-state index in [0.29, 0.717) is 12.5 Å². The summed E-state index contributed by atoms with van der Waals surface area (Å²) in [6.07, 6.45) is 5.43. The highest BCUT2D eigenvalue weighted by molar-refractivity contribution is 5.78. The van der Waals surface area contributed by atoms with Crippen LogP contribution >= 0.6 is 0 Å². The molecule has 0 bridgehead atoms. The number of benzene rings is 1. The van der Waals surface area contributed by atoms with Gasteiger partial charge in [-0.25, -0.2) is 4.98 Å². The Labute approximate surface area is 160 Å². The van der Waals surface area contributed by atoms with E-state index in [1.165, 1.54) is 11.9 Å². The fourth-order valence-corrected chi connectivity index (χ4v) is 4.22. The molecule has 0 radical (unpaired) electrons. The molecule has 2 aromatic rings. The van der Waals surface area contributed by atoms with Gasteiger partial charge in [0.2, 0.25) is 5.91 Å². The quantitative estimate of drug-likeness (QED) is 0.811. The van der Waals surface area contributed by atoms with Crippen molar-refractivity contribution in [1.82, 2.24) is 14.5 Å². The minimum absolute atomic E-state index is 0.0919. The molecule has 0 spiro atoms. The molecule has 2 fully saturated rings. The molecule has 4 rings (SSSR count). The highest BCUT2D eigenvalue weighted by Gasteiger charge is 2.27. The summed E-state index contributed by atoms with van der Waals surface area (Å²) in [4.78, 5) is 19.2. The maximum atomic E-state index is 12.4. The number of imidazole rings is 1. The standard InChI is InChI=1S/C21H29N3O3/c1-23-19-8-3-2-7-18(19)22-21(23)16-9-11-24(12-10-16)20(25)15-26-14-17-6-4-5-13-27-17/h2-3,7-8,16-17H,4-6,9-15H2,1H3/t17-/m1/s1. The fraction of sp³-hybridized carbons (Fsp3) is 0.619. The van der Waals surface area contributed by atoms with Gasteiger partial charge >= 0.3 is 0 Å². The van der Waals surface area contributed by atoms with Gasteiger partial charge in [-0.2, -0.15) is 0 Å². The Morgan fingerprint density at radius 3 is 2.78 bits per heavy atom. The Balaban J connectivity index is 1.26. The van der Waals surface area contributed by atoms with E-state index in [2.05, 4.69) is 23.7 Å². The molecule has 1 aromatic carbocycles. The molecule has 0 saturated carbocycles. The Kier molecular flexibility index (Phi) is 5.74. The molecular formula is C21H29N3O3.